The highest BCUT2D eigenvalue weighted by Crippen LogP contribution is 2.34. The van der Waals surface area contributed by atoms with Crippen LogP contribution in [-0.2, 0) is 11.2 Å². The zero-order chi connectivity index (χ0) is 23.4. The van der Waals surface area contributed by atoms with Gasteiger partial charge in [-0.15, -0.1) is 0 Å². The molecule has 0 saturated carbocycles. The summed E-state index contributed by atoms with van der Waals surface area (Å²) in [7, 11) is 0. The van der Waals surface area contributed by atoms with Crippen molar-refractivity contribution in [1.82, 2.24) is 4.90 Å². The van der Waals surface area contributed by atoms with E-state index in [4.69, 9.17) is 9.47 Å². The Bertz CT molecular complexity index is 1030. The summed E-state index contributed by atoms with van der Waals surface area (Å²) in [6.45, 7) is 8.78. The van der Waals surface area contributed by atoms with Crippen molar-refractivity contribution in [3.05, 3.63) is 52.6 Å². The summed E-state index contributed by atoms with van der Waals surface area (Å²) in [5.41, 5.74) is 5.21. The number of likely N-dealkylation sites (tertiary alicyclic amines) is 1. The summed E-state index contributed by atoms with van der Waals surface area (Å²) in [5, 5.41) is 0. The third-order valence-electron chi connectivity index (χ3n) is 6.49. The maximum atomic E-state index is 13.5. The van der Waals surface area contributed by atoms with Crippen LogP contribution in [0.3, 0.4) is 0 Å². The first-order chi connectivity index (χ1) is 16.0. The molecule has 0 N–H and O–H groups in total. The molecule has 0 aromatic heterocycles. The van der Waals surface area contributed by atoms with Crippen molar-refractivity contribution in [1.29, 1.82) is 0 Å². The number of aryl methyl sites for hydroxylation is 2. The van der Waals surface area contributed by atoms with E-state index in [2.05, 4.69) is 26.0 Å². The average Bonchev–Trinajstić information content (AvgIpc) is 2.83. The minimum absolute atomic E-state index is 0.00651. The molecule has 2 heterocycles. The number of carbonyl (C=O) groups excluding carboxylic acids is 2. The van der Waals surface area contributed by atoms with Crippen LogP contribution in [-0.4, -0.2) is 49.6 Å². The highest BCUT2D eigenvalue weighted by atomic mass is 16.5. The number of hydrogen-bond acceptors (Lipinski definition) is 4. The number of piperidine rings is 1. The molecule has 2 aliphatic heterocycles. The number of rotatable bonds is 6. The van der Waals surface area contributed by atoms with Gasteiger partial charge in [0.2, 0.25) is 0 Å². The molecule has 0 atom stereocenters. The summed E-state index contributed by atoms with van der Waals surface area (Å²) < 4.78 is 11.6. The zero-order valence-electron chi connectivity index (χ0n) is 20.0. The number of hydrogen-bond donors (Lipinski definition) is 0. The summed E-state index contributed by atoms with van der Waals surface area (Å²) in [4.78, 5) is 29.7. The second-order valence-electron chi connectivity index (χ2n) is 8.96. The van der Waals surface area contributed by atoms with E-state index in [0.717, 1.165) is 50.0 Å². The van der Waals surface area contributed by atoms with Gasteiger partial charge >= 0.3 is 0 Å². The van der Waals surface area contributed by atoms with E-state index in [1.165, 1.54) is 17.5 Å². The molecule has 0 unspecified atom stereocenters. The Balaban J connectivity index is 1.53. The molecule has 4 rings (SSSR count). The highest BCUT2D eigenvalue weighted by Gasteiger charge is 2.26. The van der Waals surface area contributed by atoms with Gasteiger partial charge in [-0.05, 0) is 93.8 Å². The highest BCUT2D eigenvalue weighted by molar-refractivity contribution is 6.07. The van der Waals surface area contributed by atoms with Crippen LogP contribution in [0, 0.1) is 13.8 Å². The Morgan fingerprint density at radius 3 is 2.45 bits per heavy atom. The van der Waals surface area contributed by atoms with Crippen LogP contribution < -0.4 is 14.4 Å². The maximum Gasteiger partial charge on any atom is 0.260 e. The van der Waals surface area contributed by atoms with Crippen LogP contribution in [0.1, 0.15) is 59.7 Å². The van der Waals surface area contributed by atoms with Gasteiger partial charge in [-0.1, -0.05) is 6.07 Å². The molecule has 176 valence electrons. The van der Waals surface area contributed by atoms with Gasteiger partial charge in [0.15, 0.2) is 18.1 Å². The lowest BCUT2D eigenvalue weighted by Crippen LogP contribution is -2.38. The molecule has 2 amide bonds. The molecule has 1 saturated heterocycles. The predicted molar refractivity (Wildman–Crippen MR) is 129 cm³/mol. The number of nitrogens with zero attached hydrogens (tertiary/aromatic N) is 2. The first kappa shape index (κ1) is 23.1. The minimum Gasteiger partial charge on any atom is -0.490 e. The van der Waals surface area contributed by atoms with Crippen LogP contribution in [0.25, 0.3) is 0 Å². The molecule has 0 radical (unpaired) electrons. The predicted octanol–water partition coefficient (Wildman–Crippen LogP) is 4.69. The fraction of sp³-hybridized carbons (Fsp3) is 0.481. The van der Waals surface area contributed by atoms with E-state index >= 15 is 0 Å². The summed E-state index contributed by atoms with van der Waals surface area (Å²) in [6.07, 6.45) is 5.21. The SMILES string of the molecule is CCOc1cc(C(=O)N2CCCc3c(C)cc(C)cc32)ccc1OCC(=O)N1CCCCC1. The monoisotopic (exact) mass is 450 g/mol. The van der Waals surface area contributed by atoms with E-state index in [9.17, 15) is 9.59 Å². The molecule has 2 aromatic rings. The normalized spacial score (nSPS) is 15.7. The Hall–Kier alpha value is -3.02. The number of carbonyl (C=O) groups is 2. The Morgan fingerprint density at radius 1 is 0.909 bits per heavy atom. The Labute approximate surface area is 196 Å². The van der Waals surface area contributed by atoms with E-state index in [1.807, 2.05) is 16.7 Å². The number of ether oxygens (including phenoxy) is 2. The van der Waals surface area contributed by atoms with Crippen LogP contribution in [0.4, 0.5) is 5.69 Å². The van der Waals surface area contributed by atoms with Gasteiger partial charge < -0.3 is 19.3 Å². The van der Waals surface area contributed by atoms with Crippen molar-refractivity contribution in [2.24, 2.45) is 0 Å². The van der Waals surface area contributed by atoms with Crippen molar-refractivity contribution in [3.8, 4) is 11.5 Å². The van der Waals surface area contributed by atoms with Crippen LogP contribution in [0.15, 0.2) is 30.3 Å². The van der Waals surface area contributed by atoms with Crippen molar-refractivity contribution in [2.75, 3.05) is 37.7 Å². The van der Waals surface area contributed by atoms with Gasteiger partial charge in [0.05, 0.1) is 6.61 Å². The molecule has 6 heteroatoms. The van der Waals surface area contributed by atoms with E-state index < -0.39 is 0 Å². The summed E-state index contributed by atoms with van der Waals surface area (Å²) in [5.74, 6) is 0.933. The molecular formula is C27H34N2O4. The van der Waals surface area contributed by atoms with Crippen LogP contribution in [0.5, 0.6) is 11.5 Å². The lowest BCUT2D eigenvalue weighted by Gasteiger charge is -2.31. The summed E-state index contributed by atoms with van der Waals surface area (Å²) >= 11 is 0. The van der Waals surface area contributed by atoms with Crippen LogP contribution >= 0.6 is 0 Å². The van der Waals surface area contributed by atoms with Gasteiger partial charge in [0, 0.05) is 30.9 Å². The van der Waals surface area contributed by atoms with Crippen LogP contribution in [0.2, 0.25) is 0 Å². The van der Waals surface area contributed by atoms with E-state index in [-0.39, 0.29) is 18.4 Å². The molecule has 1 fully saturated rings. The largest absolute Gasteiger partial charge is 0.490 e. The van der Waals surface area contributed by atoms with Crippen molar-refractivity contribution >= 4 is 17.5 Å². The van der Waals surface area contributed by atoms with Gasteiger partial charge in [-0.2, -0.15) is 0 Å². The standard InChI is InChI=1S/C27H34N2O4/c1-4-32-25-17-21(10-11-24(25)33-18-26(30)28-12-6-5-7-13-28)27(31)29-14-8-9-22-20(3)15-19(2)16-23(22)29/h10-11,15-17H,4-9,12-14,18H2,1-3H3. The van der Waals surface area contributed by atoms with Gasteiger partial charge in [0.25, 0.3) is 11.8 Å². The molecule has 0 bridgehead atoms. The third kappa shape index (κ3) is 5.15. The first-order valence-corrected chi connectivity index (χ1v) is 12.1. The number of benzene rings is 2. The first-order valence-electron chi connectivity index (χ1n) is 12.1. The Kier molecular flexibility index (Phi) is 7.21. The van der Waals surface area contributed by atoms with Gasteiger partial charge in [0.1, 0.15) is 0 Å². The van der Waals surface area contributed by atoms with E-state index in [1.54, 1.807) is 18.2 Å². The van der Waals surface area contributed by atoms with E-state index in [0.29, 0.717) is 30.2 Å². The summed E-state index contributed by atoms with van der Waals surface area (Å²) in [6, 6.07) is 9.53. The fourth-order valence-corrected chi connectivity index (χ4v) is 4.85. The van der Waals surface area contributed by atoms with Crippen molar-refractivity contribution in [3.63, 3.8) is 0 Å². The number of fused-ring (bicyclic) bond motifs is 1. The molecule has 6 nitrogen and oxygen atoms in total. The van der Waals surface area contributed by atoms with Gasteiger partial charge in [-0.25, -0.2) is 0 Å². The van der Waals surface area contributed by atoms with Crippen molar-refractivity contribution < 1.29 is 19.1 Å². The molecule has 2 aromatic carbocycles. The topological polar surface area (TPSA) is 59.1 Å². The zero-order valence-corrected chi connectivity index (χ0v) is 20.0. The molecular weight excluding hydrogens is 416 g/mol. The molecule has 0 aliphatic carbocycles. The second kappa shape index (κ2) is 10.3. The average molecular weight is 451 g/mol. The molecule has 2 aliphatic rings. The lowest BCUT2D eigenvalue weighted by molar-refractivity contribution is -0.134. The lowest BCUT2D eigenvalue weighted by atomic mass is 9.94. The smallest absolute Gasteiger partial charge is 0.260 e. The molecule has 33 heavy (non-hydrogen) atoms. The molecule has 0 spiro atoms. The Morgan fingerprint density at radius 2 is 1.70 bits per heavy atom. The number of anilines is 1. The quantitative estimate of drug-likeness (QED) is 0.641. The number of amides is 2. The minimum atomic E-state index is -0.0437. The van der Waals surface area contributed by atoms with Crippen molar-refractivity contribution in [2.45, 2.75) is 52.9 Å². The maximum absolute atomic E-state index is 13.5. The van der Waals surface area contributed by atoms with Gasteiger partial charge in [-0.3, -0.25) is 9.59 Å². The fourth-order valence-electron chi connectivity index (χ4n) is 4.85. The third-order valence-corrected chi connectivity index (χ3v) is 6.49. The second-order valence-corrected chi connectivity index (χ2v) is 8.96.